The lowest BCUT2D eigenvalue weighted by molar-refractivity contribution is -0.0566. The SMILES string of the molecule is CCOc1cc(C(=O)N2C3CCCC2COC3)ccc1C(=O)NCC(O)C1Cc2ccccc2CN1. The number of ether oxygens (including phenoxy) is 2. The Labute approximate surface area is 212 Å². The molecule has 2 bridgehead atoms. The van der Waals surface area contributed by atoms with Gasteiger partial charge < -0.3 is 30.1 Å². The first kappa shape index (κ1) is 24.7. The number of morpholine rings is 1. The Hall–Kier alpha value is -2.94. The zero-order chi connectivity index (χ0) is 25.1. The summed E-state index contributed by atoms with van der Waals surface area (Å²) in [5, 5.41) is 16.9. The summed E-state index contributed by atoms with van der Waals surface area (Å²) < 4.78 is 11.4. The molecular formula is C28H35N3O5. The van der Waals surface area contributed by atoms with Gasteiger partial charge in [0.15, 0.2) is 0 Å². The third-order valence-electron chi connectivity index (χ3n) is 7.54. The van der Waals surface area contributed by atoms with Crippen molar-refractivity contribution in [2.45, 2.75) is 63.4 Å². The maximum Gasteiger partial charge on any atom is 0.255 e. The molecule has 8 heteroatoms. The number of carbonyl (C=O) groups is 2. The predicted molar refractivity (Wildman–Crippen MR) is 135 cm³/mol. The van der Waals surface area contributed by atoms with Gasteiger partial charge in [0, 0.05) is 24.7 Å². The molecule has 3 heterocycles. The summed E-state index contributed by atoms with van der Waals surface area (Å²) in [6, 6.07) is 13.3. The van der Waals surface area contributed by atoms with Crippen molar-refractivity contribution in [3.05, 3.63) is 64.7 Å². The number of nitrogens with zero attached hydrogens (tertiary/aromatic N) is 1. The molecule has 2 fully saturated rings. The fourth-order valence-corrected chi connectivity index (χ4v) is 5.62. The fraction of sp³-hybridized carbons (Fsp3) is 0.500. The molecule has 5 rings (SSSR count). The van der Waals surface area contributed by atoms with Crippen molar-refractivity contribution in [2.75, 3.05) is 26.4 Å². The summed E-state index contributed by atoms with van der Waals surface area (Å²) in [4.78, 5) is 28.4. The second kappa shape index (κ2) is 11.0. The third-order valence-corrected chi connectivity index (χ3v) is 7.54. The average molecular weight is 494 g/mol. The summed E-state index contributed by atoms with van der Waals surface area (Å²) in [7, 11) is 0. The number of carbonyl (C=O) groups excluding carboxylic acids is 2. The Kier molecular flexibility index (Phi) is 7.55. The van der Waals surface area contributed by atoms with E-state index in [0.717, 1.165) is 19.3 Å². The minimum atomic E-state index is -0.737. The number of benzene rings is 2. The number of amides is 2. The molecule has 0 spiro atoms. The molecule has 2 amide bonds. The van der Waals surface area contributed by atoms with Crippen LogP contribution in [-0.2, 0) is 17.7 Å². The normalized spacial score (nSPS) is 23.9. The minimum absolute atomic E-state index is 0.0417. The van der Waals surface area contributed by atoms with E-state index in [9.17, 15) is 14.7 Å². The van der Waals surface area contributed by atoms with E-state index in [-0.39, 0.29) is 36.5 Å². The van der Waals surface area contributed by atoms with E-state index in [1.807, 2.05) is 24.0 Å². The highest BCUT2D eigenvalue weighted by Gasteiger charge is 2.38. The van der Waals surface area contributed by atoms with Gasteiger partial charge in [0.25, 0.3) is 11.8 Å². The second-order valence-electron chi connectivity index (χ2n) is 9.87. The van der Waals surface area contributed by atoms with Gasteiger partial charge in [0.1, 0.15) is 5.75 Å². The Balaban J connectivity index is 1.25. The van der Waals surface area contributed by atoms with Gasteiger partial charge in [0.2, 0.25) is 0 Å². The molecule has 3 aliphatic heterocycles. The molecular weight excluding hydrogens is 458 g/mol. The smallest absolute Gasteiger partial charge is 0.255 e. The molecule has 4 atom stereocenters. The minimum Gasteiger partial charge on any atom is -0.493 e. The van der Waals surface area contributed by atoms with Crippen LogP contribution in [0.4, 0.5) is 0 Å². The van der Waals surface area contributed by atoms with Crippen LogP contribution in [0.1, 0.15) is 58.0 Å². The van der Waals surface area contributed by atoms with Crippen LogP contribution in [0.2, 0.25) is 0 Å². The molecule has 0 aromatic heterocycles. The molecule has 8 nitrogen and oxygen atoms in total. The number of aliphatic hydroxyl groups excluding tert-OH is 1. The Bertz CT molecular complexity index is 1080. The van der Waals surface area contributed by atoms with Crippen molar-refractivity contribution in [1.29, 1.82) is 0 Å². The van der Waals surface area contributed by atoms with E-state index in [0.29, 0.717) is 49.7 Å². The lowest BCUT2D eigenvalue weighted by atomic mass is 9.93. The molecule has 2 saturated heterocycles. The molecule has 0 aliphatic carbocycles. The van der Waals surface area contributed by atoms with E-state index in [2.05, 4.69) is 22.8 Å². The zero-order valence-corrected chi connectivity index (χ0v) is 20.7. The van der Waals surface area contributed by atoms with Crippen molar-refractivity contribution in [3.63, 3.8) is 0 Å². The molecule has 192 valence electrons. The topological polar surface area (TPSA) is 100 Å². The van der Waals surface area contributed by atoms with E-state index in [1.54, 1.807) is 18.2 Å². The van der Waals surface area contributed by atoms with Crippen molar-refractivity contribution in [2.24, 2.45) is 0 Å². The van der Waals surface area contributed by atoms with Gasteiger partial charge in [-0.05, 0) is 61.9 Å². The molecule has 4 unspecified atom stereocenters. The van der Waals surface area contributed by atoms with Crippen molar-refractivity contribution in [1.82, 2.24) is 15.5 Å². The average Bonchev–Trinajstić information content (AvgIpc) is 2.90. The number of rotatable bonds is 7. The van der Waals surface area contributed by atoms with Crippen LogP contribution >= 0.6 is 0 Å². The molecule has 3 aliphatic rings. The Morgan fingerprint density at radius 3 is 2.67 bits per heavy atom. The van der Waals surface area contributed by atoms with E-state index in [4.69, 9.17) is 9.47 Å². The molecule has 0 radical (unpaired) electrons. The van der Waals surface area contributed by atoms with Crippen LogP contribution in [0.25, 0.3) is 0 Å². The van der Waals surface area contributed by atoms with Gasteiger partial charge in [0.05, 0.1) is 43.6 Å². The van der Waals surface area contributed by atoms with Crippen LogP contribution in [0.3, 0.4) is 0 Å². The molecule has 3 N–H and O–H groups in total. The lowest BCUT2D eigenvalue weighted by Crippen LogP contribution is -2.57. The highest BCUT2D eigenvalue weighted by molar-refractivity contribution is 6.00. The van der Waals surface area contributed by atoms with Gasteiger partial charge in [-0.25, -0.2) is 0 Å². The standard InChI is InChI=1S/C28H35N3O5/c1-2-36-26-13-19(28(34)31-21-8-5-9-22(31)17-35-16-21)10-11-23(26)27(33)30-15-25(32)24-12-18-6-3-4-7-20(18)14-29-24/h3-4,6-7,10-11,13,21-22,24-25,29,32H,2,5,8-9,12,14-17H2,1H3,(H,30,33). The largest absolute Gasteiger partial charge is 0.493 e. The first-order valence-corrected chi connectivity index (χ1v) is 13.0. The zero-order valence-electron chi connectivity index (χ0n) is 20.7. The van der Waals surface area contributed by atoms with Crippen LogP contribution in [0.15, 0.2) is 42.5 Å². The maximum atomic E-state index is 13.4. The highest BCUT2D eigenvalue weighted by Crippen LogP contribution is 2.30. The van der Waals surface area contributed by atoms with Gasteiger partial charge >= 0.3 is 0 Å². The summed E-state index contributed by atoms with van der Waals surface area (Å²) in [6.07, 6.45) is 2.98. The molecule has 2 aromatic rings. The number of nitrogens with one attached hydrogen (secondary N) is 2. The van der Waals surface area contributed by atoms with Crippen molar-refractivity contribution < 1.29 is 24.2 Å². The fourth-order valence-electron chi connectivity index (χ4n) is 5.62. The number of piperidine rings is 1. The van der Waals surface area contributed by atoms with E-state index < -0.39 is 6.10 Å². The number of fused-ring (bicyclic) bond motifs is 3. The Morgan fingerprint density at radius 1 is 1.17 bits per heavy atom. The highest BCUT2D eigenvalue weighted by atomic mass is 16.5. The predicted octanol–water partition coefficient (Wildman–Crippen LogP) is 2.28. The number of aliphatic hydroxyl groups is 1. The summed E-state index contributed by atoms with van der Waals surface area (Å²) >= 11 is 0. The van der Waals surface area contributed by atoms with Gasteiger partial charge in [-0.2, -0.15) is 0 Å². The third kappa shape index (κ3) is 5.12. The van der Waals surface area contributed by atoms with Crippen LogP contribution < -0.4 is 15.4 Å². The monoisotopic (exact) mass is 493 g/mol. The molecule has 36 heavy (non-hydrogen) atoms. The summed E-state index contributed by atoms with van der Waals surface area (Å²) in [6.45, 7) is 4.17. The van der Waals surface area contributed by atoms with Gasteiger partial charge in [-0.15, -0.1) is 0 Å². The van der Waals surface area contributed by atoms with Gasteiger partial charge in [-0.1, -0.05) is 24.3 Å². The maximum absolute atomic E-state index is 13.4. The number of hydrogen-bond acceptors (Lipinski definition) is 6. The van der Waals surface area contributed by atoms with Gasteiger partial charge in [-0.3, -0.25) is 9.59 Å². The Morgan fingerprint density at radius 2 is 1.92 bits per heavy atom. The first-order chi connectivity index (χ1) is 17.5. The van der Waals surface area contributed by atoms with Crippen LogP contribution in [0, 0.1) is 0 Å². The molecule has 2 aromatic carbocycles. The molecule has 0 saturated carbocycles. The second-order valence-corrected chi connectivity index (χ2v) is 9.87. The van der Waals surface area contributed by atoms with Crippen LogP contribution in [-0.4, -0.2) is 72.4 Å². The summed E-state index contributed by atoms with van der Waals surface area (Å²) in [5.74, 6) is -0.00517. The van der Waals surface area contributed by atoms with Crippen molar-refractivity contribution in [3.8, 4) is 5.75 Å². The van der Waals surface area contributed by atoms with E-state index >= 15 is 0 Å². The lowest BCUT2D eigenvalue weighted by Gasteiger charge is -2.45. The summed E-state index contributed by atoms with van der Waals surface area (Å²) in [5.41, 5.74) is 3.32. The number of hydrogen-bond donors (Lipinski definition) is 3. The van der Waals surface area contributed by atoms with Crippen molar-refractivity contribution >= 4 is 11.8 Å². The van der Waals surface area contributed by atoms with E-state index in [1.165, 1.54) is 11.1 Å². The first-order valence-electron chi connectivity index (χ1n) is 13.0. The van der Waals surface area contributed by atoms with Crippen LogP contribution in [0.5, 0.6) is 5.75 Å². The quantitative estimate of drug-likeness (QED) is 0.547.